The van der Waals surface area contributed by atoms with Crippen molar-refractivity contribution >= 4 is 23.3 Å². The highest BCUT2D eigenvalue weighted by Gasteiger charge is 2.41. The molecule has 3 aromatic rings. The van der Waals surface area contributed by atoms with Crippen molar-refractivity contribution in [2.24, 2.45) is 0 Å². The molecule has 6 rings (SSSR count). The lowest BCUT2D eigenvalue weighted by Gasteiger charge is -2.33. The van der Waals surface area contributed by atoms with E-state index < -0.39 is 0 Å². The number of rotatable bonds is 4. The van der Waals surface area contributed by atoms with E-state index in [1.54, 1.807) is 0 Å². The van der Waals surface area contributed by atoms with E-state index in [9.17, 15) is 9.59 Å². The number of carbonyl (C=O) groups excluding carboxylic acids is 2. The second kappa shape index (κ2) is 8.73. The molecular weight excluding hydrogens is 436 g/mol. The molecule has 0 aromatic heterocycles. The van der Waals surface area contributed by atoms with Crippen LogP contribution in [0.15, 0.2) is 78.9 Å². The van der Waals surface area contributed by atoms with Crippen molar-refractivity contribution in [2.45, 2.75) is 44.2 Å². The van der Waals surface area contributed by atoms with Gasteiger partial charge in [0.25, 0.3) is 0 Å². The lowest BCUT2D eigenvalue weighted by molar-refractivity contribution is -0.114. The lowest BCUT2D eigenvalue weighted by Crippen LogP contribution is -2.43. The van der Waals surface area contributed by atoms with Crippen molar-refractivity contribution in [3.05, 3.63) is 95.6 Å². The van der Waals surface area contributed by atoms with Gasteiger partial charge in [-0.2, -0.15) is 0 Å². The fourth-order valence-corrected chi connectivity index (χ4v) is 6.00. The summed E-state index contributed by atoms with van der Waals surface area (Å²) in [6.45, 7) is 1.86. The van der Waals surface area contributed by atoms with Crippen LogP contribution in [0.2, 0.25) is 0 Å². The Kier molecular flexibility index (Phi) is 5.40. The normalized spacial score (nSPS) is 20.1. The molecule has 3 aliphatic rings. The number of hydrogen-bond donors (Lipinski definition) is 1. The molecule has 35 heavy (non-hydrogen) atoms. The molecule has 0 spiro atoms. The van der Waals surface area contributed by atoms with Gasteiger partial charge in [-0.1, -0.05) is 66.7 Å². The molecule has 5 heteroatoms. The molecule has 5 nitrogen and oxygen atoms in total. The molecular formula is C30H28N2O3. The highest BCUT2D eigenvalue weighted by Crippen LogP contribution is 2.45. The predicted octanol–water partition coefficient (Wildman–Crippen LogP) is 6.21. The summed E-state index contributed by atoms with van der Waals surface area (Å²) in [6.07, 6.45) is 4.70. The third kappa shape index (κ3) is 3.91. The van der Waals surface area contributed by atoms with Crippen LogP contribution in [-0.4, -0.2) is 35.6 Å². The molecule has 1 N–H and O–H groups in total. The van der Waals surface area contributed by atoms with Crippen molar-refractivity contribution in [3.63, 3.8) is 0 Å². The van der Waals surface area contributed by atoms with Gasteiger partial charge in [-0.05, 0) is 64.8 Å². The summed E-state index contributed by atoms with van der Waals surface area (Å²) in [7, 11) is 0. The Morgan fingerprint density at radius 2 is 1.66 bits per heavy atom. The second-order valence-electron chi connectivity index (χ2n) is 9.67. The molecule has 2 heterocycles. The summed E-state index contributed by atoms with van der Waals surface area (Å²) in [4.78, 5) is 26.7. The molecule has 2 unspecified atom stereocenters. The van der Waals surface area contributed by atoms with Gasteiger partial charge in [-0.25, -0.2) is 4.79 Å². The Bertz CT molecular complexity index is 1300. The number of anilines is 1. The van der Waals surface area contributed by atoms with Crippen LogP contribution in [0.5, 0.6) is 0 Å². The predicted molar refractivity (Wildman–Crippen MR) is 137 cm³/mol. The summed E-state index contributed by atoms with van der Waals surface area (Å²) >= 11 is 0. The van der Waals surface area contributed by atoms with Crippen molar-refractivity contribution in [3.8, 4) is 11.1 Å². The minimum atomic E-state index is -0.221. The molecule has 0 saturated carbocycles. The second-order valence-corrected chi connectivity index (χ2v) is 9.67. The molecule has 1 saturated heterocycles. The van der Waals surface area contributed by atoms with E-state index in [2.05, 4.69) is 66.0 Å². The Hall–Kier alpha value is -3.86. The smallest absolute Gasteiger partial charge is 0.410 e. The Labute approximate surface area is 205 Å². The van der Waals surface area contributed by atoms with Gasteiger partial charge < -0.3 is 10.1 Å². The number of nitrogens with one attached hydrogen (secondary N) is 1. The summed E-state index contributed by atoms with van der Waals surface area (Å²) in [6, 6.07) is 24.9. The number of nitrogens with zero attached hydrogens (tertiary/aromatic N) is 1. The lowest BCUT2D eigenvalue weighted by atomic mass is 9.94. The maximum atomic E-state index is 13.3. The first kappa shape index (κ1) is 21.7. The number of ether oxygens (including phenoxy) is 1. The van der Waals surface area contributed by atoms with Crippen LogP contribution in [-0.2, 0) is 9.53 Å². The third-order valence-corrected chi connectivity index (χ3v) is 7.50. The molecule has 176 valence electrons. The highest BCUT2D eigenvalue weighted by atomic mass is 16.6. The van der Waals surface area contributed by atoms with E-state index in [4.69, 9.17) is 4.74 Å². The van der Waals surface area contributed by atoms with Crippen LogP contribution in [0.4, 0.5) is 10.5 Å². The van der Waals surface area contributed by atoms with Crippen LogP contribution in [0, 0.1) is 0 Å². The highest BCUT2D eigenvalue weighted by molar-refractivity contribution is 5.89. The molecule has 1 aliphatic carbocycles. The zero-order valence-corrected chi connectivity index (χ0v) is 19.7. The topological polar surface area (TPSA) is 58.6 Å². The average Bonchev–Trinajstić information content (AvgIpc) is 3.33. The van der Waals surface area contributed by atoms with Crippen LogP contribution in [0.25, 0.3) is 16.7 Å². The number of hydrogen-bond acceptors (Lipinski definition) is 3. The van der Waals surface area contributed by atoms with E-state index in [-0.39, 0.29) is 30.0 Å². The first-order chi connectivity index (χ1) is 17.1. The number of carbonyl (C=O) groups is 2. The summed E-state index contributed by atoms with van der Waals surface area (Å²) in [5.41, 5.74) is 8.04. The minimum absolute atomic E-state index is 0.0452. The Morgan fingerprint density at radius 3 is 2.34 bits per heavy atom. The van der Waals surface area contributed by atoms with Crippen LogP contribution < -0.4 is 5.32 Å². The van der Waals surface area contributed by atoms with E-state index in [1.807, 2.05) is 23.1 Å². The summed E-state index contributed by atoms with van der Waals surface area (Å²) in [5, 5.41) is 2.86. The Balaban J connectivity index is 1.18. The maximum Gasteiger partial charge on any atom is 0.410 e. The van der Waals surface area contributed by atoms with E-state index in [0.717, 1.165) is 30.5 Å². The van der Waals surface area contributed by atoms with E-state index in [0.29, 0.717) is 6.61 Å². The van der Waals surface area contributed by atoms with Gasteiger partial charge in [-0.3, -0.25) is 9.69 Å². The largest absolute Gasteiger partial charge is 0.448 e. The fraction of sp³-hybridized carbons (Fsp3) is 0.267. The Morgan fingerprint density at radius 1 is 0.943 bits per heavy atom. The van der Waals surface area contributed by atoms with Gasteiger partial charge >= 0.3 is 6.09 Å². The molecule has 0 radical (unpaired) electrons. The first-order valence-corrected chi connectivity index (χ1v) is 12.3. The SMILES string of the molecule is CC(=O)Nc1cccc(C2=CC3CCC(C2)N3C(=O)OCC2c3ccccc3-c3ccccc32)c1. The maximum absolute atomic E-state index is 13.3. The van der Waals surface area contributed by atoms with Crippen LogP contribution in [0.3, 0.4) is 0 Å². The zero-order chi connectivity index (χ0) is 23.9. The van der Waals surface area contributed by atoms with Gasteiger partial charge in [-0.15, -0.1) is 0 Å². The molecule has 2 atom stereocenters. The first-order valence-electron chi connectivity index (χ1n) is 12.3. The molecule has 1 fully saturated rings. The number of benzene rings is 3. The van der Waals surface area contributed by atoms with Crippen molar-refractivity contribution < 1.29 is 14.3 Å². The van der Waals surface area contributed by atoms with Crippen LogP contribution in [0.1, 0.15) is 48.8 Å². The molecule has 3 aromatic carbocycles. The number of fused-ring (bicyclic) bond motifs is 5. The summed E-state index contributed by atoms with van der Waals surface area (Å²) in [5.74, 6) is -0.0160. The van der Waals surface area contributed by atoms with Crippen molar-refractivity contribution in [1.82, 2.24) is 4.90 Å². The fourth-order valence-electron chi connectivity index (χ4n) is 6.00. The monoisotopic (exact) mass is 464 g/mol. The van der Waals surface area contributed by atoms with Gasteiger partial charge in [0.1, 0.15) is 6.61 Å². The molecule has 2 bridgehead atoms. The summed E-state index contributed by atoms with van der Waals surface area (Å²) < 4.78 is 5.97. The van der Waals surface area contributed by atoms with Crippen LogP contribution >= 0.6 is 0 Å². The zero-order valence-electron chi connectivity index (χ0n) is 19.7. The van der Waals surface area contributed by atoms with Crippen molar-refractivity contribution in [1.29, 1.82) is 0 Å². The third-order valence-electron chi connectivity index (χ3n) is 7.50. The number of amides is 2. The van der Waals surface area contributed by atoms with Gasteiger partial charge in [0.05, 0.1) is 6.04 Å². The van der Waals surface area contributed by atoms with Crippen molar-refractivity contribution in [2.75, 3.05) is 11.9 Å². The van der Waals surface area contributed by atoms with Gasteiger partial charge in [0.15, 0.2) is 0 Å². The van der Waals surface area contributed by atoms with Gasteiger partial charge in [0, 0.05) is 24.6 Å². The van der Waals surface area contributed by atoms with E-state index >= 15 is 0 Å². The van der Waals surface area contributed by atoms with Gasteiger partial charge in [0.2, 0.25) is 5.91 Å². The standard InChI is InChI=1S/C30H28N2O3/c1-19(33)31-22-8-6-7-20(15-22)21-16-23-13-14-24(17-21)32(23)30(34)35-18-29-27-11-4-2-9-25(27)26-10-3-5-12-28(26)29/h2-12,15-16,23-24,29H,13-14,17-18H2,1H3,(H,31,33). The quantitative estimate of drug-likeness (QED) is 0.499. The molecule has 2 aliphatic heterocycles. The van der Waals surface area contributed by atoms with E-state index in [1.165, 1.54) is 34.8 Å². The molecule has 2 amide bonds. The minimum Gasteiger partial charge on any atom is -0.448 e. The average molecular weight is 465 g/mol.